The van der Waals surface area contributed by atoms with E-state index in [4.69, 9.17) is 0 Å². The Morgan fingerprint density at radius 3 is 1.47 bits per heavy atom. The number of carbonyl (C=O) groups excluding carboxylic acids is 1. The summed E-state index contributed by atoms with van der Waals surface area (Å²) >= 11 is 0. The Kier molecular flexibility index (Phi) is 6.57. The molecule has 0 saturated heterocycles. The van der Waals surface area contributed by atoms with E-state index >= 15 is 0 Å². The van der Waals surface area contributed by atoms with Crippen LogP contribution in [0.2, 0.25) is 0 Å². The monoisotopic (exact) mass is 600 g/mol. The Hall–Kier alpha value is -5.79. The van der Waals surface area contributed by atoms with Gasteiger partial charge in [-0.3, -0.25) is 4.79 Å². The van der Waals surface area contributed by atoms with Gasteiger partial charge in [-0.05, 0) is 121 Å². The lowest BCUT2D eigenvalue weighted by Crippen LogP contribution is -2.20. The number of ketones is 1. The number of fused-ring (bicyclic) bond motifs is 4. The SMILES string of the molecule is O=C1c2ccccc2-c2cc(-c3cccc(-c4ccccc4)c3)cc3c2C1CCc1ccc(-c2cccc(-c4ccccc4)c2)cc1-3. The highest BCUT2D eigenvalue weighted by Gasteiger charge is 2.36. The summed E-state index contributed by atoms with van der Waals surface area (Å²) in [6.45, 7) is 0. The maximum atomic E-state index is 14.1. The average Bonchev–Trinajstić information content (AvgIpc) is 3.31. The van der Waals surface area contributed by atoms with Crippen molar-refractivity contribution in [3.63, 3.8) is 0 Å². The third-order valence-corrected chi connectivity index (χ3v) is 10.0. The Balaban J connectivity index is 1.26. The smallest absolute Gasteiger partial charge is 0.170 e. The van der Waals surface area contributed by atoms with Gasteiger partial charge in [0, 0.05) is 11.5 Å². The standard InChI is InChI=1S/C46H32O/c47-46-40-20-8-7-19-39(40)43-28-38(36-18-10-16-34(26-36)31-13-5-2-6-14-31)29-44-42-27-37(22-21-32(42)23-24-41(46)45(43)44)35-17-9-15-33(25-35)30-11-3-1-4-12-30/h1-22,25-29,41H,23-24H2. The van der Waals surface area contributed by atoms with Crippen LogP contribution in [0, 0.1) is 0 Å². The van der Waals surface area contributed by atoms with Crippen molar-refractivity contribution in [2.75, 3.05) is 0 Å². The van der Waals surface area contributed by atoms with Gasteiger partial charge < -0.3 is 0 Å². The van der Waals surface area contributed by atoms with Crippen molar-refractivity contribution in [2.24, 2.45) is 0 Å². The molecule has 0 heterocycles. The van der Waals surface area contributed by atoms with E-state index in [1.807, 2.05) is 12.1 Å². The lowest BCUT2D eigenvalue weighted by Gasteiger charge is -2.28. The molecule has 2 aliphatic carbocycles. The number of rotatable bonds is 4. The first-order valence-corrected chi connectivity index (χ1v) is 16.5. The Morgan fingerprint density at radius 2 is 0.830 bits per heavy atom. The fourth-order valence-corrected chi connectivity index (χ4v) is 7.71. The van der Waals surface area contributed by atoms with Crippen LogP contribution in [0.25, 0.3) is 66.8 Å². The number of benzene rings is 7. The molecule has 1 nitrogen and oxygen atoms in total. The van der Waals surface area contributed by atoms with Crippen molar-refractivity contribution in [3.05, 3.63) is 180 Å². The van der Waals surface area contributed by atoms with Crippen molar-refractivity contribution < 1.29 is 4.79 Å². The normalized spacial score (nSPS) is 14.5. The van der Waals surface area contributed by atoms with Crippen LogP contribution in [0.5, 0.6) is 0 Å². The van der Waals surface area contributed by atoms with E-state index < -0.39 is 0 Å². The van der Waals surface area contributed by atoms with E-state index in [1.54, 1.807) is 0 Å². The minimum Gasteiger partial charge on any atom is -0.293 e. The second-order valence-electron chi connectivity index (χ2n) is 12.8. The van der Waals surface area contributed by atoms with Crippen LogP contribution < -0.4 is 0 Å². The summed E-state index contributed by atoms with van der Waals surface area (Å²) in [7, 11) is 0. The molecule has 222 valence electrons. The second kappa shape index (κ2) is 11.2. The highest BCUT2D eigenvalue weighted by molar-refractivity contribution is 6.12. The van der Waals surface area contributed by atoms with Crippen LogP contribution in [0.15, 0.2) is 164 Å². The quantitative estimate of drug-likeness (QED) is 0.196. The fraction of sp³-hybridized carbons (Fsp3) is 0.0652. The van der Waals surface area contributed by atoms with E-state index in [1.165, 1.54) is 72.3 Å². The molecule has 0 aliphatic heterocycles. The minimum absolute atomic E-state index is 0.156. The van der Waals surface area contributed by atoms with Gasteiger partial charge in [0.25, 0.3) is 0 Å². The minimum atomic E-state index is -0.156. The lowest BCUT2D eigenvalue weighted by molar-refractivity contribution is 0.0954. The molecular weight excluding hydrogens is 569 g/mol. The third kappa shape index (κ3) is 4.75. The molecule has 47 heavy (non-hydrogen) atoms. The summed E-state index contributed by atoms with van der Waals surface area (Å²) in [4.78, 5) is 14.1. The van der Waals surface area contributed by atoms with Gasteiger partial charge in [0.05, 0.1) is 0 Å². The second-order valence-corrected chi connectivity index (χ2v) is 12.8. The number of aryl methyl sites for hydroxylation is 1. The van der Waals surface area contributed by atoms with E-state index in [9.17, 15) is 4.79 Å². The zero-order valence-corrected chi connectivity index (χ0v) is 26.0. The van der Waals surface area contributed by atoms with Gasteiger partial charge in [0.2, 0.25) is 0 Å². The maximum absolute atomic E-state index is 14.1. The van der Waals surface area contributed by atoms with Crippen molar-refractivity contribution in [2.45, 2.75) is 18.8 Å². The van der Waals surface area contributed by atoms with Crippen molar-refractivity contribution in [3.8, 4) is 66.8 Å². The molecule has 0 radical (unpaired) electrons. The first-order chi connectivity index (χ1) is 23.2. The first kappa shape index (κ1) is 27.5. The molecule has 1 heteroatoms. The first-order valence-electron chi connectivity index (χ1n) is 16.5. The number of Topliss-reactive ketones (excluding diaryl/α,β-unsaturated/α-hetero) is 1. The predicted octanol–water partition coefficient (Wildman–Crippen LogP) is 11.9. The van der Waals surface area contributed by atoms with Crippen LogP contribution in [0.3, 0.4) is 0 Å². The third-order valence-electron chi connectivity index (χ3n) is 10.0. The van der Waals surface area contributed by atoms with Gasteiger partial charge in [-0.1, -0.05) is 133 Å². The molecular formula is C46H32O. The van der Waals surface area contributed by atoms with Crippen LogP contribution in [0.4, 0.5) is 0 Å². The van der Waals surface area contributed by atoms with Crippen molar-refractivity contribution >= 4 is 5.78 Å². The summed E-state index contributed by atoms with van der Waals surface area (Å²) < 4.78 is 0. The van der Waals surface area contributed by atoms with Crippen LogP contribution >= 0.6 is 0 Å². The van der Waals surface area contributed by atoms with Crippen molar-refractivity contribution in [1.29, 1.82) is 0 Å². The molecule has 1 atom stereocenters. The molecule has 7 aromatic carbocycles. The van der Waals surface area contributed by atoms with Gasteiger partial charge in [0.1, 0.15) is 0 Å². The molecule has 9 rings (SSSR count). The highest BCUT2D eigenvalue weighted by Crippen LogP contribution is 2.51. The predicted molar refractivity (Wildman–Crippen MR) is 194 cm³/mol. The molecule has 0 N–H and O–H groups in total. The van der Waals surface area contributed by atoms with Gasteiger partial charge in [-0.2, -0.15) is 0 Å². The topological polar surface area (TPSA) is 17.1 Å². The molecule has 1 unspecified atom stereocenters. The molecule has 0 amide bonds. The van der Waals surface area contributed by atoms with Crippen LogP contribution in [-0.4, -0.2) is 5.78 Å². The summed E-state index contributed by atoms with van der Waals surface area (Å²) in [5.41, 5.74) is 17.5. The zero-order chi connectivity index (χ0) is 31.3. The Morgan fingerprint density at radius 1 is 0.362 bits per heavy atom. The molecule has 7 aromatic rings. The van der Waals surface area contributed by atoms with Crippen LogP contribution in [0.1, 0.15) is 33.8 Å². The molecule has 0 spiro atoms. The van der Waals surface area contributed by atoms with Crippen LogP contribution in [-0.2, 0) is 6.42 Å². The number of carbonyl (C=O) groups is 1. The molecule has 0 bridgehead atoms. The Bertz CT molecular complexity index is 2310. The fourth-order valence-electron chi connectivity index (χ4n) is 7.71. The lowest BCUT2D eigenvalue weighted by atomic mass is 9.73. The summed E-state index contributed by atoms with van der Waals surface area (Å²) in [5, 5.41) is 0. The highest BCUT2D eigenvalue weighted by atomic mass is 16.1. The Labute approximate surface area is 275 Å². The molecule has 2 aliphatic rings. The summed E-state index contributed by atoms with van der Waals surface area (Å²) in [6, 6.07) is 58.6. The molecule has 0 saturated carbocycles. The number of hydrogen-bond acceptors (Lipinski definition) is 1. The summed E-state index contributed by atoms with van der Waals surface area (Å²) in [6.07, 6.45) is 1.68. The van der Waals surface area contributed by atoms with Gasteiger partial charge >= 0.3 is 0 Å². The van der Waals surface area contributed by atoms with E-state index in [0.29, 0.717) is 0 Å². The molecule has 0 aromatic heterocycles. The zero-order valence-electron chi connectivity index (χ0n) is 26.0. The van der Waals surface area contributed by atoms with Gasteiger partial charge in [-0.15, -0.1) is 0 Å². The summed E-state index contributed by atoms with van der Waals surface area (Å²) in [5.74, 6) is 0.0913. The van der Waals surface area contributed by atoms with E-state index in [-0.39, 0.29) is 11.7 Å². The van der Waals surface area contributed by atoms with Crippen molar-refractivity contribution in [1.82, 2.24) is 0 Å². The van der Waals surface area contributed by atoms with E-state index in [0.717, 1.165) is 24.0 Å². The average molecular weight is 601 g/mol. The van der Waals surface area contributed by atoms with Gasteiger partial charge in [-0.25, -0.2) is 0 Å². The maximum Gasteiger partial charge on any atom is 0.170 e. The largest absolute Gasteiger partial charge is 0.293 e. The molecule has 0 fully saturated rings. The van der Waals surface area contributed by atoms with E-state index in [2.05, 4.69) is 152 Å². The van der Waals surface area contributed by atoms with Gasteiger partial charge in [0.15, 0.2) is 5.78 Å². The number of hydrogen-bond donors (Lipinski definition) is 0.